The standard InChI is InChI=1S/C17H27NO/c1-13(2)19-16-10-8-15(9-11-16)17(12-18)14-6-4-3-5-7-14/h8-11,13-14,17H,3-7,12,18H2,1-2H3. The summed E-state index contributed by atoms with van der Waals surface area (Å²) in [4.78, 5) is 0. The fraction of sp³-hybridized carbons (Fsp3) is 0.647. The van der Waals surface area contributed by atoms with Crippen molar-refractivity contribution in [2.75, 3.05) is 6.54 Å². The van der Waals surface area contributed by atoms with Crippen molar-refractivity contribution in [2.45, 2.75) is 58.0 Å². The van der Waals surface area contributed by atoms with E-state index >= 15 is 0 Å². The summed E-state index contributed by atoms with van der Waals surface area (Å²) in [5.41, 5.74) is 7.40. The van der Waals surface area contributed by atoms with Crippen LogP contribution in [0.5, 0.6) is 5.75 Å². The van der Waals surface area contributed by atoms with Crippen LogP contribution in [0.2, 0.25) is 0 Å². The van der Waals surface area contributed by atoms with Gasteiger partial charge >= 0.3 is 0 Å². The first kappa shape index (κ1) is 14.4. The summed E-state index contributed by atoms with van der Waals surface area (Å²) in [5.74, 6) is 2.25. The molecule has 0 amide bonds. The SMILES string of the molecule is CC(C)Oc1ccc(C(CN)C2CCCCC2)cc1. The highest BCUT2D eigenvalue weighted by Gasteiger charge is 2.23. The van der Waals surface area contributed by atoms with Gasteiger partial charge in [-0.2, -0.15) is 0 Å². The minimum Gasteiger partial charge on any atom is -0.491 e. The fourth-order valence-corrected chi connectivity index (χ4v) is 3.20. The van der Waals surface area contributed by atoms with Gasteiger partial charge in [0, 0.05) is 0 Å². The molecule has 2 nitrogen and oxygen atoms in total. The number of benzene rings is 1. The van der Waals surface area contributed by atoms with E-state index in [1.807, 2.05) is 0 Å². The van der Waals surface area contributed by atoms with Crippen LogP contribution in [-0.4, -0.2) is 12.6 Å². The smallest absolute Gasteiger partial charge is 0.119 e. The Morgan fingerprint density at radius 3 is 2.26 bits per heavy atom. The average molecular weight is 261 g/mol. The highest BCUT2D eigenvalue weighted by molar-refractivity contribution is 5.30. The Kier molecular flexibility index (Phi) is 5.26. The van der Waals surface area contributed by atoms with Gasteiger partial charge in [0.15, 0.2) is 0 Å². The van der Waals surface area contributed by atoms with Crippen molar-refractivity contribution in [1.29, 1.82) is 0 Å². The maximum Gasteiger partial charge on any atom is 0.119 e. The summed E-state index contributed by atoms with van der Waals surface area (Å²) in [7, 11) is 0. The number of hydrogen-bond acceptors (Lipinski definition) is 2. The minimum atomic E-state index is 0.231. The van der Waals surface area contributed by atoms with Crippen LogP contribution in [0.15, 0.2) is 24.3 Å². The lowest BCUT2D eigenvalue weighted by Gasteiger charge is -2.30. The van der Waals surface area contributed by atoms with Crippen molar-refractivity contribution in [3.8, 4) is 5.75 Å². The summed E-state index contributed by atoms with van der Waals surface area (Å²) < 4.78 is 5.70. The van der Waals surface area contributed by atoms with Crippen molar-refractivity contribution in [2.24, 2.45) is 11.7 Å². The van der Waals surface area contributed by atoms with Crippen molar-refractivity contribution in [3.05, 3.63) is 29.8 Å². The van der Waals surface area contributed by atoms with Gasteiger partial charge in [-0.15, -0.1) is 0 Å². The zero-order valence-electron chi connectivity index (χ0n) is 12.3. The molecule has 2 rings (SSSR count). The quantitative estimate of drug-likeness (QED) is 0.866. The zero-order chi connectivity index (χ0) is 13.7. The molecule has 2 heteroatoms. The van der Waals surface area contributed by atoms with E-state index in [1.54, 1.807) is 0 Å². The van der Waals surface area contributed by atoms with Gasteiger partial charge in [-0.25, -0.2) is 0 Å². The first-order valence-electron chi connectivity index (χ1n) is 7.67. The molecule has 19 heavy (non-hydrogen) atoms. The largest absolute Gasteiger partial charge is 0.491 e. The molecule has 0 aliphatic heterocycles. The molecular weight excluding hydrogens is 234 g/mol. The molecule has 0 radical (unpaired) electrons. The number of nitrogens with two attached hydrogens (primary N) is 1. The van der Waals surface area contributed by atoms with Crippen LogP contribution in [0.25, 0.3) is 0 Å². The molecule has 1 atom stereocenters. The van der Waals surface area contributed by atoms with Gasteiger partial charge in [0.25, 0.3) is 0 Å². The maximum atomic E-state index is 6.02. The van der Waals surface area contributed by atoms with E-state index in [0.29, 0.717) is 5.92 Å². The molecule has 1 aromatic rings. The van der Waals surface area contributed by atoms with Crippen molar-refractivity contribution in [1.82, 2.24) is 0 Å². The van der Waals surface area contributed by atoms with Gasteiger partial charge in [-0.05, 0) is 62.8 Å². The topological polar surface area (TPSA) is 35.2 Å². The van der Waals surface area contributed by atoms with Crippen molar-refractivity contribution >= 4 is 0 Å². The normalized spacial score (nSPS) is 18.5. The molecule has 106 valence electrons. The van der Waals surface area contributed by atoms with E-state index in [1.165, 1.54) is 37.7 Å². The lowest BCUT2D eigenvalue weighted by molar-refractivity contribution is 0.242. The molecule has 0 heterocycles. The van der Waals surface area contributed by atoms with Crippen molar-refractivity contribution in [3.63, 3.8) is 0 Å². The Morgan fingerprint density at radius 1 is 1.11 bits per heavy atom. The third kappa shape index (κ3) is 3.97. The van der Waals surface area contributed by atoms with Crippen LogP contribution < -0.4 is 10.5 Å². The van der Waals surface area contributed by atoms with Gasteiger partial charge < -0.3 is 10.5 Å². The summed E-state index contributed by atoms with van der Waals surface area (Å²) in [6, 6.07) is 8.56. The Labute approximate surface area is 117 Å². The first-order chi connectivity index (χ1) is 9.20. The van der Waals surface area contributed by atoms with Gasteiger partial charge in [-0.3, -0.25) is 0 Å². The molecule has 0 saturated heterocycles. The lowest BCUT2D eigenvalue weighted by atomic mass is 9.77. The number of hydrogen-bond donors (Lipinski definition) is 1. The maximum absolute atomic E-state index is 6.02. The molecule has 0 spiro atoms. The molecular formula is C17H27NO. The Balaban J connectivity index is 2.05. The van der Waals surface area contributed by atoms with E-state index in [2.05, 4.69) is 38.1 Å². The minimum absolute atomic E-state index is 0.231. The number of rotatable bonds is 5. The second kappa shape index (κ2) is 6.95. The van der Waals surface area contributed by atoms with E-state index in [9.17, 15) is 0 Å². The molecule has 1 fully saturated rings. The van der Waals surface area contributed by atoms with Crippen LogP contribution in [0, 0.1) is 5.92 Å². The van der Waals surface area contributed by atoms with E-state index in [4.69, 9.17) is 10.5 Å². The number of ether oxygens (including phenoxy) is 1. The monoisotopic (exact) mass is 261 g/mol. The van der Waals surface area contributed by atoms with Gasteiger partial charge in [0.1, 0.15) is 5.75 Å². The highest BCUT2D eigenvalue weighted by Crippen LogP contribution is 2.35. The van der Waals surface area contributed by atoms with E-state index < -0.39 is 0 Å². The van der Waals surface area contributed by atoms with Gasteiger partial charge in [-0.1, -0.05) is 31.4 Å². The first-order valence-corrected chi connectivity index (χ1v) is 7.67. The predicted molar refractivity (Wildman–Crippen MR) is 80.6 cm³/mol. The Morgan fingerprint density at radius 2 is 1.74 bits per heavy atom. The molecule has 1 unspecified atom stereocenters. The highest BCUT2D eigenvalue weighted by atomic mass is 16.5. The summed E-state index contributed by atoms with van der Waals surface area (Å²) in [6.07, 6.45) is 7.05. The summed E-state index contributed by atoms with van der Waals surface area (Å²) >= 11 is 0. The Hall–Kier alpha value is -1.02. The summed E-state index contributed by atoms with van der Waals surface area (Å²) in [6.45, 7) is 4.87. The third-order valence-electron chi connectivity index (χ3n) is 4.15. The molecule has 0 aromatic heterocycles. The molecule has 1 aliphatic carbocycles. The van der Waals surface area contributed by atoms with Crippen LogP contribution >= 0.6 is 0 Å². The molecule has 1 aromatic carbocycles. The zero-order valence-corrected chi connectivity index (χ0v) is 12.3. The second-order valence-electron chi connectivity index (χ2n) is 5.98. The predicted octanol–water partition coefficient (Wildman–Crippen LogP) is 4.10. The van der Waals surface area contributed by atoms with Crippen LogP contribution in [-0.2, 0) is 0 Å². The van der Waals surface area contributed by atoms with Crippen LogP contribution in [0.4, 0.5) is 0 Å². The second-order valence-corrected chi connectivity index (χ2v) is 5.98. The van der Waals surface area contributed by atoms with Crippen LogP contribution in [0.1, 0.15) is 57.4 Å². The third-order valence-corrected chi connectivity index (χ3v) is 4.15. The molecule has 1 saturated carbocycles. The Bertz CT molecular complexity index is 365. The molecule has 1 aliphatic rings. The van der Waals surface area contributed by atoms with Crippen LogP contribution in [0.3, 0.4) is 0 Å². The average Bonchev–Trinajstić information content (AvgIpc) is 2.42. The fourth-order valence-electron chi connectivity index (χ4n) is 3.20. The van der Waals surface area contributed by atoms with Gasteiger partial charge in [0.05, 0.1) is 6.10 Å². The lowest BCUT2D eigenvalue weighted by Crippen LogP contribution is -2.23. The van der Waals surface area contributed by atoms with Gasteiger partial charge in [0.2, 0.25) is 0 Å². The van der Waals surface area contributed by atoms with E-state index in [0.717, 1.165) is 18.2 Å². The summed E-state index contributed by atoms with van der Waals surface area (Å²) in [5, 5.41) is 0. The molecule has 2 N–H and O–H groups in total. The van der Waals surface area contributed by atoms with E-state index in [-0.39, 0.29) is 6.10 Å². The van der Waals surface area contributed by atoms with Crippen molar-refractivity contribution < 1.29 is 4.74 Å². The molecule has 0 bridgehead atoms.